The molecular weight excluding hydrogens is 322 g/mol. The summed E-state index contributed by atoms with van der Waals surface area (Å²) in [5.41, 5.74) is 1.99. The van der Waals surface area contributed by atoms with Gasteiger partial charge in [-0.2, -0.15) is 0 Å². The molecule has 4 rings (SSSR count). The monoisotopic (exact) mass is 345 g/mol. The highest BCUT2D eigenvalue weighted by Crippen LogP contribution is 2.23. The fourth-order valence-corrected chi connectivity index (χ4v) is 3.60. The highest BCUT2D eigenvalue weighted by atomic mass is 16.5. The molecule has 3 nitrogen and oxygen atoms in total. The predicted molar refractivity (Wildman–Crippen MR) is 104 cm³/mol. The van der Waals surface area contributed by atoms with Gasteiger partial charge in [-0.15, -0.1) is 0 Å². The third-order valence-corrected chi connectivity index (χ3v) is 5.08. The van der Waals surface area contributed by atoms with Gasteiger partial charge in [0.1, 0.15) is 0 Å². The van der Waals surface area contributed by atoms with Crippen LogP contribution < -0.4 is 0 Å². The minimum Gasteiger partial charge on any atom is -0.373 e. The first-order valence-electron chi connectivity index (χ1n) is 9.24. The van der Waals surface area contributed by atoms with Crippen molar-refractivity contribution in [2.45, 2.75) is 25.6 Å². The van der Waals surface area contributed by atoms with E-state index in [0.717, 1.165) is 42.3 Å². The number of hydrogen-bond donors (Lipinski definition) is 0. The van der Waals surface area contributed by atoms with Crippen molar-refractivity contribution in [3.8, 4) is 0 Å². The minimum absolute atomic E-state index is 0.128. The summed E-state index contributed by atoms with van der Waals surface area (Å²) in [6, 6.07) is 24.3. The van der Waals surface area contributed by atoms with Crippen LogP contribution in [0.2, 0.25) is 0 Å². The normalized spacial score (nSPS) is 15.3. The second kappa shape index (κ2) is 7.71. The molecule has 0 spiro atoms. The lowest BCUT2D eigenvalue weighted by molar-refractivity contribution is -0.000334. The number of ether oxygens (including phenoxy) is 1. The summed E-state index contributed by atoms with van der Waals surface area (Å²) in [5, 5.41) is 2.14. The number of likely N-dealkylation sites (tertiary alicyclic amines) is 1. The highest BCUT2D eigenvalue weighted by molar-refractivity contribution is 6.07. The first-order valence-corrected chi connectivity index (χ1v) is 9.24. The maximum atomic E-state index is 13.0. The number of carbonyl (C=O) groups is 1. The van der Waals surface area contributed by atoms with Gasteiger partial charge in [-0.1, -0.05) is 66.7 Å². The van der Waals surface area contributed by atoms with Gasteiger partial charge in [0.2, 0.25) is 0 Å². The number of rotatable bonds is 4. The molecule has 26 heavy (non-hydrogen) atoms. The molecule has 1 aliphatic heterocycles. The van der Waals surface area contributed by atoms with Crippen LogP contribution >= 0.6 is 0 Å². The van der Waals surface area contributed by atoms with Crippen LogP contribution in [-0.2, 0) is 11.3 Å². The number of carbonyl (C=O) groups excluding carboxylic acids is 1. The van der Waals surface area contributed by atoms with E-state index in [2.05, 4.69) is 24.3 Å². The summed E-state index contributed by atoms with van der Waals surface area (Å²) in [5.74, 6) is 0.128. The summed E-state index contributed by atoms with van der Waals surface area (Å²) in [6.45, 7) is 2.14. The Labute approximate surface area is 154 Å². The van der Waals surface area contributed by atoms with Crippen LogP contribution in [0.3, 0.4) is 0 Å². The quantitative estimate of drug-likeness (QED) is 0.688. The Morgan fingerprint density at radius 3 is 2.38 bits per heavy atom. The van der Waals surface area contributed by atoms with Gasteiger partial charge in [-0.3, -0.25) is 4.79 Å². The SMILES string of the molecule is O=C(c1cccc2ccccc12)N1CCC(OCc2ccccc2)CC1. The molecule has 3 aromatic carbocycles. The molecule has 132 valence electrons. The van der Waals surface area contributed by atoms with Crippen molar-refractivity contribution in [3.05, 3.63) is 83.9 Å². The van der Waals surface area contributed by atoms with E-state index in [1.807, 2.05) is 53.4 Å². The van der Waals surface area contributed by atoms with E-state index in [9.17, 15) is 4.79 Å². The minimum atomic E-state index is 0.128. The van der Waals surface area contributed by atoms with Crippen molar-refractivity contribution in [1.29, 1.82) is 0 Å². The van der Waals surface area contributed by atoms with Crippen LogP contribution in [0, 0.1) is 0 Å². The van der Waals surface area contributed by atoms with Gasteiger partial charge in [0.25, 0.3) is 5.91 Å². The Balaban J connectivity index is 1.37. The van der Waals surface area contributed by atoms with E-state index in [1.54, 1.807) is 0 Å². The molecule has 3 aromatic rings. The Morgan fingerprint density at radius 2 is 1.58 bits per heavy atom. The highest BCUT2D eigenvalue weighted by Gasteiger charge is 2.24. The van der Waals surface area contributed by atoms with Gasteiger partial charge in [-0.05, 0) is 35.2 Å². The Morgan fingerprint density at radius 1 is 0.885 bits per heavy atom. The lowest BCUT2D eigenvalue weighted by Crippen LogP contribution is -2.40. The Hall–Kier alpha value is -2.65. The standard InChI is InChI=1S/C23H23NO2/c25-23(22-12-6-10-19-9-4-5-11-21(19)22)24-15-13-20(14-16-24)26-17-18-7-2-1-3-8-18/h1-12,20H,13-17H2. The molecule has 1 fully saturated rings. The van der Waals surface area contributed by atoms with E-state index in [0.29, 0.717) is 6.61 Å². The Kier molecular flexibility index (Phi) is 4.98. The van der Waals surface area contributed by atoms with Crippen molar-refractivity contribution in [1.82, 2.24) is 4.90 Å². The number of benzene rings is 3. The molecule has 0 aliphatic carbocycles. The first-order chi connectivity index (χ1) is 12.8. The van der Waals surface area contributed by atoms with Gasteiger partial charge in [0.15, 0.2) is 0 Å². The largest absolute Gasteiger partial charge is 0.373 e. The Bertz CT molecular complexity index is 878. The lowest BCUT2D eigenvalue weighted by atomic mass is 10.0. The fourth-order valence-electron chi connectivity index (χ4n) is 3.60. The summed E-state index contributed by atoms with van der Waals surface area (Å²) in [4.78, 5) is 14.9. The summed E-state index contributed by atoms with van der Waals surface area (Å²) >= 11 is 0. The fraction of sp³-hybridized carbons (Fsp3) is 0.261. The zero-order valence-corrected chi connectivity index (χ0v) is 14.8. The van der Waals surface area contributed by atoms with Crippen LogP contribution in [0.1, 0.15) is 28.8 Å². The zero-order valence-electron chi connectivity index (χ0n) is 14.8. The molecule has 0 radical (unpaired) electrons. The van der Waals surface area contributed by atoms with Crippen LogP contribution in [0.15, 0.2) is 72.8 Å². The number of nitrogens with zero attached hydrogens (tertiary/aromatic N) is 1. The van der Waals surface area contributed by atoms with Crippen LogP contribution in [0.4, 0.5) is 0 Å². The molecule has 0 N–H and O–H groups in total. The second-order valence-corrected chi connectivity index (χ2v) is 6.81. The molecule has 0 aromatic heterocycles. The van der Waals surface area contributed by atoms with E-state index in [-0.39, 0.29) is 12.0 Å². The van der Waals surface area contributed by atoms with Gasteiger partial charge < -0.3 is 9.64 Å². The van der Waals surface area contributed by atoms with Crippen molar-refractivity contribution >= 4 is 16.7 Å². The molecule has 1 amide bonds. The number of hydrogen-bond acceptors (Lipinski definition) is 2. The number of piperidine rings is 1. The molecule has 1 saturated heterocycles. The molecule has 0 atom stereocenters. The number of fused-ring (bicyclic) bond motifs is 1. The first kappa shape index (κ1) is 16.8. The van der Waals surface area contributed by atoms with Gasteiger partial charge >= 0.3 is 0 Å². The van der Waals surface area contributed by atoms with Crippen molar-refractivity contribution in [3.63, 3.8) is 0 Å². The van der Waals surface area contributed by atoms with Crippen LogP contribution in [0.5, 0.6) is 0 Å². The van der Waals surface area contributed by atoms with E-state index >= 15 is 0 Å². The third-order valence-electron chi connectivity index (χ3n) is 5.08. The molecule has 0 saturated carbocycles. The van der Waals surface area contributed by atoms with E-state index in [4.69, 9.17) is 4.74 Å². The average molecular weight is 345 g/mol. The van der Waals surface area contributed by atoms with Gasteiger partial charge in [-0.25, -0.2) is 0 Å². The summed E-state index contributed by atoms with van der Waals surface area (Å²) in [7, 11) is 0. The van der Waals surface area contributed by atoms with E-state index < -0.39 is 0 Å². The maximum absolute atomic E-state index is 13.0. The smallest absolute Gasteiger partial charge is 0.254 e. The molecule has 1 heterocycles. The van der Waals surface area contributed by atoms with E-state index in [1.165, 1.54) is 5.56 Å². The second-order valence-electron chi connectivity index (χ2n) is 6.81. The molecule has 0 bridgehead atoms. The van der Waals surface area contributed by atoms with Crippen molar-refractivity contribution < 1.29 is 9.53 Å². The molecule has 1 aliphatic rings. The predicted octanol–water partition coefficient (Wildman–Crippen LogP) is 4.66. The molecular formula is C23H23NO2. The van der Waals surface area contributed by atoms with Crippen LogP contribution in [0.25, 0.3) is 10.8 Å². The average Bonchev–Trinajstić information content (AvgIpc) is 2.72. The van der Waals surface area contributed by atoms with Crippen molar-refractivity contribution in [2.24, 2.45) is 0 Å². The van der Waals surface area contributed by atoms with Gasteiger partial charge in [0, 0.05) is 18.7 Å². The lowest BCUT2D eigenvalue weighted by Gasteiger charge is -2.32. The van der Waals surface area contributed by atoms with Crippen molar-refractivity contribution in [2.75, 3.05) is 13.1 Å². The number of amides is 1. The third kappa shape index (κ3) is 3.63. The van der Waals surface area contributed by atoms with Gasteiger partial charge in [0.05, 0.1) is 12.7 Å². The summed E-state index contributed by atoms with van der Waals surface area (Å²) < 4.78 is 6.04. The topological polar surface area (TPSA) is 29.5 Å². The zero-order chi connectivity index (χ0) is 17.8. The molecule has 3 heteroatoms. The molecule has 0 unspecified atom stereocenters. The summed E-state index contributed by atoms with van der Waals surface area (Å²) in [6.07, 6.45) is 2.01. The van der Waals surface area contributed by atoms with Crippen LogP contribution in [-0.4, -0.2) is 30.0 Å². The maximum Gasteiger partial charge on any atom is 0.254 e.